The molecule has 0 bridgehead atoms. The maximum Gasteiger partial charge on any atom is 0.345 e. The van der Waals surface area contributed by atoms with Crippen LogP contribution in [0.1, 0.15) is 255 Å². The van der Waals surface area contributed by atoms with E-state index in [0.29, 0.717) is 0 Å². The summed E-state index contributed by atoms with van der Waals surface area (Å²) >= 11 is 11.2. The highest BCUT2D eigenvalue weighted by Crippen LogP contribution is 2.55. The molecule has 0 amide bonds. The summed E-state index contributed by atoms with van der Waals surface area (Å²) in [5, 5.41) is 0. The average molecular weight is 843 g/mol. The van der Waals surface area contributed by atoms with E-state index in [0.717, 1.165) is 37.2 Å². The highest BCUT2D eigenvalue weighted by atomic mass is 32.9. The van der Waals surface area contributed by atoms with Crippen LogP contribution in [-0.2, 0) is 37.5 Å². The van der Waals surface area contributed by atoms with Crippen molar-refractivity contribution in [3.8, 4) is 11.5 Å². The average Bonchev–Trinajstić information content (AvgIpc) is 3.20. The number of benzene rings is 2. The van der Waals surface area contributed by atoms with E-state index < -0.39 is 5.69 Å². The Kier molecular flexibility index (Phi) is 32.7. The van der Waals surface area contributed by atoms with Gasteiger partial charge < -0.3 is 9.05 Å². The quantitative estimate of drug-likeness (QED) is 0.0410. The van der Waals surface area contributed by atoms with Gasteiger partial charge in [-0.15, -0.1) is 0 Å². The van der Waals surface area contributed by atoms with E-state index in [1.807, 2.05) is 0 Å². The van der Waals surface area contributed by atoms with Gasteiger partial charge in [0.25, 0.3) is 0 Å². The molecule has 2 nitrogen and oxygen atoms in total. The monoisotopic (exact) mass is 843 g/mol. The van der Waals surface area contributed by atoms with Crippen molar-refractivity contribution >= 4 is 29.7 Å². The van der Waals surface area contributed by atoms with Crippen molar-refractivity contribution in [1.29, 1.82) is 0 Å². The molecular weight excluding hydrogens is 752 g/mol. The fraction of sp³-hybridized carbons (Fsp3) is 0.769. The molecule has 0 aromatic heterocycles. The Morgan fingerprint density at radius 2 is 0.614 bits per heavy atom. The van der Waals surface area contributed by atoms with Crippen LogP contribution < -0.4 is 9.05 Å². The molecule has 0 atom stereocenters. The second-order valence-corrected chi connectivity index (χ2v) is 22.5. The third-order valence-electron chi connectivity index (χ3n) is 12.0. The van der Waals surface area contributed by atoms with Crippen molar-refractivity contribution in [3.63, 3.8) is 0 Å². The van der Waals surface area contributed by atoms with Gasteiger partial charge in [-0.3, -0.25) is 0 Å². The summed E-state index contributed by atoms with van der Waals surface area (Å²) in [6.45, 7) is 9.20. The molecule has 2 aromatic rings. The van der Waals surface area contributed by atoms with Gasteiger partial charge in [0.05, 0.1) is 0 Å². The summed E-state index contributed by atoms with van der Waals surface area (Å²) in [5.41, 5.74) is 2.65. The molecule has 0 aliphatic heterocycles. The lowest BCUT2D eigenvalue weighted by Gasteiger charge is -2.24. The van der Waals surface area contributed by atoms with Gasteiger partial charge in [-0.05, 0) is 97.6 Å². The summed E-state index contributed by atoms with van der Waals surface area (Å²) in [4.78, 5) is 0. The molecular formula is C52H91O2PS2. The Morgan fingerprint density at radius 1 is 0.368 bits per heavy atom. The molecule has 328 valence electrons. The fourth-order valence-electron chi connectivity index (χ4n) is 8.47. The molecule has 2 aromatic carbocycles. The van der Waals surface area contributed by atoms with E-state index in [1.54, 1.807) is 0 Å². The largest absolute Gasteiger partial charge is 0.428 e. The molecule has 0 spiro atoms. The molecule has 0 unspecified atom stereocenters. The molecule has 0 N–H and O–H groups in total. The van der Waals surface area contributed by atoms with E-state index in [9.17, 15) is 0 Å². The van der Waals surface area contributed by atoms with Crippen LogP contribution in [0.5, 0.6) is 11.5 Å². The standard InChI is InChI=1S/C52H91O2PS2/c1-5-9-13-17-21-25-29-33-39-47-41-37-45-51(49(47)43-35-31-27-23-19-15-11-7-3)53-55(56,57)54-52-46-38-42-48(40-34-30-26-22-18-14-10-6-2)50(52)44-36-32-28-24-20-16-12-8-4/h37-38,41-42,45-46H,5-36,39-40,43-44H2,1-4H3,(H,56,57). The first-order valence-corrected chi connectivity index (χ1v) is 28.7. The lowest BCUT2D eigenvalue weighted by atomic mass is 9.95. The van der Waals surface area contributed by atoms with Gasteiger partial charge >= 0.3 is 5.69 Å². The van der Waals surface area contributed by atoms with Gasteiger partial charge in [0.15, 0.2) is 0 Å². The minimum absolute atomic E-state index is 0.910. The van der Waals surface area contributed by atoms with Crippen LogP contribution in [0.3, 0.4) is 0 Å². The minimum Gasteiger partial charge on any atom is -0.428 e. The molecule has 0 saturated heterocycles. The third kappa shape index (κ3) is 26.1. The molecule has 0 fully saturated rings. The SMILES string of the molecule is CCCCCCCCCCc1cccc(OP(=S)(S)Oc2cccc(CCCCCCCCCC)c2CCCCCCCCCC)c1CCCCCCCCCC. The Morgan fingerprint density at radius 3 is 0.895 bits per heavy atom. The topological polar surface area (TPSA) is 18.5 Å². The van der Waals surface area contributed by atoms with E-state index >= 15 is 0 Å². The number of aryl methyl sites for hydroxylation is 2. The number of rotatable bonds is 40. The fourth-order valence-corrected chi connectivity index (χ4v) is 10.4. The van der Waals surface area contributed by atoms with Crippen LogP contribution in [0.25, 0.3) is 0 Å². The highest BCUT2D eigenvalue weighted by Gasteiger charge is 2.23. The summed E-state index contributed by atoms with van der Waals surface area (Å²) < 4.78 is 13.6. The number of hydrogen-bond donors (Lipinski definition) is 1. The Hall–Kier alpha value is -0.960. The smallest absolute Gasteiger partial charge is 0.345 e. The van der Waals surface area contributed by atoms with Crippen molar-refractivity contribution in [2.24, 2.45) is 0 Å². The van der Waals surface area contributed by atoms with Gasteiger partial charge in [-0.25, -0.2) is 0 Å². The predicted octanol–water partition coefficient (Wildman–Crippen LogP) is 19.0. The molecule has 57 heavy (non-hydrogen) atoms. The minimum atomic E-state index is -2.92. The summed E-state index contributed by atoms with van der Waals surface area (Å²) in [7, 11) is 0. The number of thiol groups is 1. The Labute approximate surface area is 366 Å². The molecule has 2 rings (SSSR count). The summed E-state index contributed by atoms with van der Waals surface area (Å²) in [5.74, 6) is 1.82. The van der Waals surface area contributed by atoms with Crippen LogP contribution >= 0.6 is 17.9 Å². The molecule has 0 saturated carbocycles. The van der Waals surface area contributed by atoms with Crippen molar-refractivity contribution in [3.05, 3.63) is 58.7 Å². The molecule has 0 aliphatic carbocycles. The lowest BCUT2D eigenvalue weighted by molar-refractivity contribution is 0.493. The van der Waals surface area contributed by atoms with Crippen LogP contribution in [0.2, 0.25) is 0 Å². The zero-order valence-electron chi connectivity index (χ0n) is 38.0. The predicted molar refractivity (Wildman–Crippen MR) is 263 cm³/mol. The Bertz CT molecular complexity index is 1190. The number of unbranched alkanes of at least 4 members (excludes halogenated alkanes) is 28. The first-order chi connectivity index (χ1) is 28.0. The lowest BCUT2D eigenvalue weighted by Crippen LogP contribution is -2.04. The van der Waals surface area contributed by atoms with Crippen molar-refractivity contribution in [2.75, 3.05) is 0 Å². The maximum atomic E-state index is 6.79. The van der Waals surface area contributed by atoms with E-state index in [1.165, 1.54) is 228 Å². The van der Waals surface area contributed by atoms with Gasteiger partial charge in [0.2, 0.25) is 0 Å². The third-order valence-corrected chi connectivity index (χ3v) is 13.8. The van der Waals surface area contributed by atoms with E-state index in [2.05, 4.69) is 64.1 Å². The van der Waals surface area contributed by atoms with Gasteiger partial charge in [-0.1, -0.05) is 244 Å². The molecule has 0 heterocycles. The van der Waals surface area contributed by atoms with Gasteiger partial charge in [0.1, 0.15) is 11.5 Å². The van der Waals surface area contributed by atoms with Crippen LogP contribution in [-0.4, -0.2) is 0 Å². The summed E-state index contributed by atoms with van der Waals surface area (Å²) in [6, 6.07) is 13.3. The van der Waals surface area contributed by atoms with Crippen molar-refractivity contribution in [2.45, 2.75) is 259 Å². The van der Waals surface area contributed by atoms with Crippen LogP contribution in [0, 0.1) is 0 Å². The first kappa shape index (κ1) is 52.2. The summed E-state index contributed by atoms with van der Waals surface area (Å²) in [6.07, 6.45) is 46.9. The highest BCUT2D eigenvalue weighted by molar-refractivity contribution is 8.60. The molecule has 5 heteroatoms. The zero-order chi connectivity index (χ0) is 41.1. The number of hydrogen-bond acceptors (Lipinski definition) is 3. The second kappa shape index (κ2) is 35.8. The first-order valence-electron chi connectivity index (χ1n) is 24.9. The van der Waals surface area contributed by atoms with Crippen LogP contribution in [0.4, 0.5) is 0 Å². The Balaban J connectivity index is 2.17. The van der Waals surface area contributed by atoms with Crippen molar-refractivity contribution in [1.82, 2.24) is 0 Å². The van der Waals surface area contributed by atoms with Crippen LogP contribution in [0.15, 0.2) is 36.4 Å². The van der Waals surface area contributed by atoms with Gasteiger partial charge in [0, 0.05) is 0 Å². The van der Waals surface area contributed by atoms with E-state index in [4.69, 9.17) is 33.1 Å². The van der Waals surface area contributed by atoms with Gasteiger partial charge in [-0.2, -0.15) is 0 Å². The van der Waals surface area contributed by atoms with E-state index in [-0.39, 0.29) is 0 Å². The van der Waals surface area contributed by atoms with Crippen molar-refractivity contribution < 1.29 is 9.05 Å². The zero-order valence-corrected chi connectivity index (χ0v) is 40.6. The second-order valence-electron chi connectivity index (χ2n) is 17.3. The maximum absolute atomic E-state index is 6.79. The molecule has 0 aliphatic rings. The normalized spacial score (nSPS) is 11.7. The molecule has 0 radical (unpaired) electrons.